The molecule has 0 saturated carbocycles. The standard InChI is InChI=1S/C10H12N4O2S/c11-5-6-7(12)8(9(13)15)17-10(6)14-1-3-16-4-2-14/h1-4,12H2,(H2,13,15). The van der Waals surface area contributed by atoms with Crippen molar-refractivity contribution in [3.05, 3.63) is 10.4 Å². The number of morpholine rings is 1. The Bertz CT molecular complexity index is 485. The summed E-state index contributed by atoms with van der Waals surface area (Å²) >= 11 is 1.17. The average Bonchev–Trinajstić information content (AvgIpc) is 2.67. The highest BCUT2D eigenvalue weighted by Gasteiger charge is 2.24. The molecule has 4 N–H and O–H groups in total. The first kappa shape index (κ1) is 11.7. The third kappa shape index (κ3) is 2.05. The van der Waals surface area contributed by atoms with Crippen molar-refractivity contribution < 1.29 is 9.53 Å². The Balaban J connectivity index is 2.42. The van der Waals surface area contributed by atoms with Gasteiger partial charge in [-0.3, -0.25) is 4.79 Å². The van der Waals surface area contributed by atoms with Crippen molar-refractivity contribution in [3.8, 4) is 6.07 Å². The molecule has 1 aromatic heterocycles. The Morgan fingerprint density at radius 2 is 2.12 bits per heavy atom. The first-order valence-corrected chi connectivity index (χ1v) is 5.91. The van der Waals surface area contributed by atoms with Gasteiger partial charge < -0.3 is 21.1 Å². The first-order chi connectivity index (χ1) is 8.15. The van der Waals surface area contributed by atoms with E-state index in [0.717, 1.165) is 0 Å². The summed E-state index contributed by atoms with van der Waals surface area (Å²) in [7, 11) is 0. The zero-order valence-electron chi connectivity index (χ0n) is 9.10. The van der Waals surface area contributed by atoms with Gasteiger partial charge in [0, 0.05) is 13.1 Å². The third-order valence-electron chi connectivity index (χ3n) is 2.56. The molecule has 0 bridgehead atoms. The van der Waals surface area contributed by atoms with E-state index in [1.54, 1.807) is 0 Å². The van der Waals surface area contributed by atoms with Gasteiger partial charge in [-0.05, 0) is 0 Å². The van der Waals surface area contributed by atoms with Crippen LogP contribution in [0, 0.1) is 11.3 Å². The lowest BCUT2D eigenvalue weighted by Crippen LogP contribution is -2.36. The lowest BCUT2D eigenvalue weighted by molar-refractivity contribution is 0.100. The van der Waals surface area contributed by atoms with Gasteiger partial charge in [-0.2, -0.15) is 5.26 Å². The van der Waals surface area contributed by atoms with E-state index >= 15 is 0 Å². The van der Waals surface area contributed by atoms with E-state index in [4.69, 9.17) is 21.5 Å². The van der Waals surface area contributed by atoms with Crippen molar-refractivity contribution in [1.29, 1.82) is 5.26 Å². The molecule has 0 radical (unpaired) electrons. The smallest absolute Gasteiger partial charge is 0.261 e. The summed E-state index contributed by atoms with van der Waals surface area (Å²) in [5.74, 6) is -0.594. The highest BCUT2D eigenvalue weighted by molar-refractivity contribution is 7.19. The molecule has 6 nitrogen and oxygen atoms in total. The number of carbonyl (C=O) groups excluding carboxylic acids is 1. The van der Waals surface area contributed by atoms with E-state index in [1.807, 2.05) is 11.0 Å². The lowest BCUT2D eigenvalue weighted by atomic mass is 10.2. The van der Waals surface area contributed by atoms with E-state index in [-0.39, 0.29) is 10.6 Å². The molecule has 1 amide bonds. The molecule has 1 aliphatic rings. The molecule has 90 valence electrons. The molecule has 0 aliphatic carbocycles. The minimum atomic E-state index is -0.594. The summed E-state index contributed by atoms with van der Waals surface area (Å²) in [6.07, 6.45) is 0. The molecule has 0 spiro atoms. The number of primary amides is 1. The van der Waals surface area contributed by atoms with Crippen molar-refractivity contribution in [2.75, 3.05) is 36.9 Å². The molecule has 0 unspecified atom stereocenters. The number of rotatable bonds is 2. The van der Waals surface area contributed by atoms with E-state index in [2.05, 4.69) is 0 Å². The number of hydrogen-bond donors (Lipinski definition) is 2. The largest absolute Gasteiger partial charge is 0.396 e. The quantitative estimate of drug-likeness (QED) is 0.778. The Morgan fingerprint density at radius 3 is 2.65 bits per heavy atom. The van der Waals surface area contributed by atoms with Crippen molar-refractivity contribution >= 4 is 27.9 Å². The SMILES string of the molecule is N#Cc1c(N2CCOCC2)sc(C(N)=O)c1N. The molecule has 2 rings (SSSR count). The van der Waals surface area contributed by atoms with Crippen LogP contribution in [0.1, 0.15) is 15.2 Å². The molecule has 7 heteroatoms. The number of nitrogen functional groups attached to an aromatic ring is 1. The van der Waals surface area contributed by atoms with Crippen LogP contribution in [0.4, 0.5) is 10.7 Å². The minimum absolute atomic E-state index is 0.187. The van der Waals surface area contributed by atoms with Crippen molar-refractivity contribution in [2.45, 2.75) is 0 Å². The van der Waals surface area contributed by atoms with Gasteiger partial charge in [0.2, 0.25) is 0 Å². The average molecular weight is 252 g/mol. The highest BCUT2D eigenvalue weighted by atomic mass is 32.1. The summed E-state index contributed by atoms with van der Waals surface area (Å²) in [4.78, 5) is 13.4. The van der Waals surface area contributed by atoms with Crippen LogP contribution in [0.15, 0.2) is 0 Å². The molecular formula is C10H12N4O2S. The minimum Gasteiger partial charge on any atom is -0.396 e. The monoisotopic (exact) mass is 252 g/mol. The van der Waals surface area contributed by atoms with Gasteiger partial charge in [-0.1, -0.05) is 0 Å². The Labute approximate surface area is 102 Å². The van der Waals surface area contributed by atoms with E-state index < -0.39 is 5.91 Å². The molecule has 1 saturated heterocycles. The molecule has 1 aliphatic heterocycles. The second-order valence-electron chi connectivity index (χ2n) is 3.60. The van der Waals surface area contributed by atoms with Crippen molar-refractivity contribution in [2.24, 2.45) is 5.73 Å². The van der Waals surface area contributed by atoms with Gasteiger partial charge in [-0.25, -0.2) is 0 Å². The molecule has 2 heterocycles. The fraction of sp³-hybridized carbons (Fsp3) is 0.400. The number of nitriles is 1. The molecule has 0 aromatic carbocycles. The van der Waals surface area contributed by atoms with Crippen LogP contribution >= 0.6 is 11.3 Å². The third-order valence-corrected chi connectivity index (χ3v) is 3.84. The summed E-state index contributed by atoms with van der Waals surface area (Å²) in [5.41, 5.74) is 11.5. The predicted molar refractivity (Wildman–Crippen MR) is 65.0 cm³/mol. The Morgan fingerprint density at radius 1 is 1.47 bits per heavy atom. The number of ether oxygens (including phenoxy) is 1. The summed E-state index contributed by atoms with van der Waals surface area (Å²) < 4.78 is 5.24. The fourth-order valence-corrected chi connectivity index (χ4v) is 2.79. The normalized spacial score (nSPS) is 15.6. The maximum absolute atomic E-state index is 11.2. The van der Waals surface area contributed by atoms with Crippen LogP contribution in [-0.4, -0.2) is 32.2 Å². The number of nitrogens with two attached hydrogens (primary N) is 2. The van der Waals surface area contributed by atoms with Crippen LogP contribution in [0.3, 0.4) is 0 Å². The van der Waals surface area contributed by atoms with Crippen LogP contribution in [0.5, 0.6) is 0 Å². The van der Waals surface area contributed by atoms with Crippen molar-refractivity contribution in [3.63, 3.8) is 0 Å². The van der Waals surface area contributed by atoms with Gasteiger partial charge in [0.15, 0.2) is 0 Å². The van der Waals surface area contributed by atoms with Gasteiger partial charge in [0.25, 0.3) is 5.91 Å². The second kappa shape index (κ2) is 4.61. The van der Waals surface area contributed by atoms with Crippen molar-refractivity contribution in [1.82, 2.24) is 0 Å². The molecule has 17 heavy (non-hydrogen) atoms. The van der Waals surface area contributed by atoms with Crippen LogP contribution in [0.2, 0.25) is 0 Å². The number of carbonyl (C=O) groups is 1. The predicted octanol–water partition coefficient (Wildman–Crippen LogP) is 0.137. The van der Waals surface area contributed by atoms with E-state index in [9.17, 15) is 4.79 Å². The zero-order chi connectivity index (χ0) is 12.4. The van der Waals surface area contributed by atoms with Crippen LogP contribution in [-0.2, 0) is 4.74 Å². The number of amides is 1. The first-order valence-electron chi connectivity index (χ1n) is 5.10. The van der Waals surface area contributed by atoms with Crippen LogP contribution in [0.25, 0.3) is 0 Å². The molecular weight excluding hydrogens is 240 g/mol. The maximum Gasteiger partial charge on any atom is 0.261 e. The summed E-state index contributed by atoms with van der Waals surface area (Å²) in [6.45, 7) is 2.59. The van der Waals surface area contributed by atoms with E-state index in [1.165, 1.54) is 11.3 Å². The Kier molecular flexibility index (Phi) is 3.17. The van der Waals surface area contributed by atoms with Gasteiger partial charge in [0.05, 0.1) is 18.9 Å². The van der Waals surface area contributed by atoms with Gasteiger partial charge >= 0.3 is 0 Å². The summed E-state index contributed by atoms with van der Waals surface area (Å²) in [5, 5.41) is 9.80. The van der Waals surface area contributed by atoms with E-state index in [0.29, 0.717) is 36.9 Å². The number of hydrogen-bond acceptors (Lipinski definition) is 6. The maximum atomic E-state index is 11.2. The lowest BCUT2D eigenvalue weighted by Gasteiger charge is -2.27. The molecule has 0 atom stereocenters. The number of anilines is 2. The number of thiophene rings is 1. The zero-order valence-corrected chi connectivity index (χ0v) is 9.92. The summed E-state index contributed by atoms with van der Waals surface area (Å²) in [6, 6.07) is 2.03. The topological polar surface area (TPSA) is 105 Å². The van der Waals surface area contributed by atoms with Gasteiger partial charge in [0.1, 0.15) is 21.5 Å². The number of nitrogens with zero attached hydrogens (tertiary/aromatic N) is 2. The molecule has 1 fully saturated rings. The molecule has 1 aromatic rings. The van der Waals surface area contributed by atoms with Gasteiger partial charge in [-0.15, -0.1) is 11.3 Å². The highest BCUT2D eigenvalue weighted by Crippen LogP contribution is 2.37. The van der Waals surface area contributed by atoms with Crippen LogP contribution < -0.4 is 16.4 Å². The fourth-order valence-electron chi connectivity index (χ4n) is 1.71. The second-order valence-corrected chi connectivity index (χ2v) is 4.60. The Hall–Kier alpha value is -1.78.